The highest BCUT2D eigenvalue weighted by molar-refractivity contribution is 5.78. The van der Waals surface area contributed by atoms with E-state index in [4.69, 9.17) is 4.74 Å². The van der Waals surface area contributed by atoms with Crippen molar-refractivity contribution in [3.05, 3.63) is 59.8 Å². The zero-order valence-corrected chi connectivity index (χ0v) is 14.0. The molecule has 24 heavy (non-hydrogen) atoms. The van der Waals surface area contributed by atoms with Gasteiger partial charge in [-0.05, 0) is 61.2 Å². The lowest BCUT2D eigenvalue weighted by Gasteiger charge is -2.32. The first kappa shape index (κ1) is 15.2. The number of aromatic nitrogens is 2. The van der Waals surface area contributed by atoms with Gasteiger partial charge in [-0.1, -0.05) is 24.3 Å². The first-order chi connectivity index (χ1) is 11.8. The van der Waals surface area contributed by atoms with Crippen molar-refractivity contribution in [3.63, 3.8) is 0 Å². The lowest BCUT2D eigenvalue weighted by Crippen LogP contribution is -2.32. The van der Waals surface area contributed by atoms with E-state index >= 15 is 0 Å². The Hall–Kier alpha value is -2.33. The maximum atomic E-state index is 5.36. The Kier molecular flexibility index (Phi) is 4.22. The van der Waals surface area contributed by atoms with Crippen LogP contribution < -0.4 is 4.74 Å². The molecule has 1 aliphatic heterocycles. The third kappa shape index (κ3) is 3.15. The molecule has 1 saturated heterocycles. The summed E-state index contributed by atoms with van der Waals surface area (Å²) in [6, 6.07) is 15.1. The summed E-state index contributed by atoms with van der Waals surface area (Å²) in [5.41, 5.74) is 3.89. The quantitative estimate of drug-likeness (QED) is 0.791. The normalized spacial score (nSPS) is 16.5. The molecule has 2 heterocycles. The number of hydrogen-bond donors (Lipinski definition) is 1. The number of nitrogens with one attached hydrogen (secondary N) is 1. The summed E-state index contributed by atoms with van der Waals surface area (Å²) in [6.45, 7) is 3.30. The predicted octanol–water partition coefficient (Wildman–Crippen LogP) is 3.95. The molecule has 4 heteroatoms. The average molecular weight is 321 g/mol. The molecular weight excluding hydrogens is 298 g/mol. The van der Waals surface area contributed by atoms with E-state index < -0.39 is 0 Å². The lowest BCUT2D eigenvalue weighted by molar-refractivity contribution is 0.204. The number of hydrogen-bond acceptors (Lipinski definition) is 3. The van der Waals surface area contributed by atoms with Crippen LogP contribution in [0, 0.1) is 0 Å². The summed E-state index contributed by atoms with van der Waals surface area (Å²) in [6.07, 6.45) is 4.29. The summed E-state index contributed by atoms with van der Waals surface area (Å²) in [5.74, 6) is 1.61. The first-order valence-electron chi connectivity index (χ1n) is 8.60. The number of rotatable bonds is 4. The molecule has 4 rings (SSSR count). The predicted molar refractivity (Wildman–Crippen MR) is 96.3 cm³/mol. The van der Waals surface area contributed by atoms with E-state index in [2.05, 4.69) is 51.5 Å². The molecule has 4 nitrogen and oxygen atoms in total. The molecule has 0 unspecified atom stereocenters. The van der Waals surface area contributed by atoms with Crippen molar-refractivity contribution >= 4 is 10.9 Å². The van der Waals surface area contributed by atoms with Crippen molar-refractivity contribution in [2.75, 3.05) is 20.2 Å². The van der Waals surface area contributed by atoms with Crippen LogP contribution in [0.25, 0.3) is 10.9 Å². The summed E-state index contributed by atoms with van der Waals surface area (Å²) in [7, 11) is 1.73. The molecule has 124 valence electrons. The minimum atomic E-state index is 0.645. The standard InChI is InChI=1S/C20H23N3O/c1-24-19-4-2-3-17(12-19)16-7-9-23(10-8-16)14-15-5-6-18-13-21-22-20(18)11-15/h2-6,11-13,16H,7-10,14H2,1H3,(H,21,22). The van der Waals surface area contributed by atoms with Crippen LogP contribution in [0.1, 0.15) is 29.9 Å². The maximum absolute atomic E-state index is 5.36. The van der Waals surface area contributed by atoms with Gasteiger partial charge in [0.2, 0.25) is 0 Å². The molecule has 0 spiro atoms. The van der Waals surface area contributed by atoms with Crippen molar-refractivity contribution in [3.8, 4) is 5.75 Å². The van der Waals surface area contributed by atoms with Crippen LogP contribution in [0.3, 0.4) is 0 Å². The zero-order chi connectivity index (χ0) is 16.4. The van der Waals surface area contributed by atoms with Crippen molar-refractivity contribution in [2.24, 2.45) is 0 Å². The van der Waals surface area contributed by atoms with Crippen molar-refractivity contribution < 1.29 is 4.74 Å². The molecule has 3 aromatic rings. The van der Waals surface area contributed by atoms with Gasteiger partial charge in [-0.25, -0.2) is 0 Å². The Morgan fingerprint density at radius 3 is 2.88 bits per heavy atom. The molecular formula is C20H23N3O. The molecule has 0 radical (unpaired) electrons. The first-order valence-corrected chi connectivity index (χ1v) is 8.60. The van der Waals surface area contributed by atoms with Gasteiger partial charge < -0.3 is 4.74 Å². The van der Waals surface area contributed by atoms with Gasteiger partial charge in [-0.2, -0.15) is 5.10 Å². The van der Waals surface area contributed by atoms with Crippen LogP contribution in [0.5, 0.6) is 5.75 Å². The second-order valence-corrected chi connectivity index (χ2v) is 6.62. The second kappa shape index (κ2) is 6.65. The zero-order valence-electron chi connectivity index (χ0n) is 14.0. The third-order valence-electron chi connectivity index (χ3n) is 5.07. The van der Waals surface area contributed by atoms with Gasteiger partial charge in [0.25, 0.3) is 0 Å². The molecule has 1 aromatic heterocycles. The Bertz CT molecular complexity index is 818. The van der Waals surface area contributed by atoms with Crippen molar-refractivity contribution in [1.82, 2.24) is 15.1 Å². The van der Waals surface area contributed by atoms with Gasteiger partial charge >= 0.3 is 0 Å². The highest BCUT2D eigenvalue weighted by Gasteiger charge is 2.21. The van der Waals surface area contributed by atoms with E-state index in [1.54, 1.807) is 7.11 Å². The van der Waals surface area contributed by atoms with Crippen LogP contribution >= 0.6 is 0 Å². The van der Waals surface area contributed by atoms with Gasteiger partial charge in [0, 0.05) is 11.9 Å². The topological polar surface area (TPSA) is 41.1 Å². The number of methoxy groups -OCH3 is 1. The maximum Gasteiger partial charge on any atom is 0.119 e. The van der Waals surface area contributed by atoms with Crippen LogP contribution in [0.15, 0.2) is 48.7 Å². The minimum Gasteiger partial charge on any atom is -0.497 e. The van der Waals surface area contributed by atoms with E-state index in [0.717, 1.165) is 30.9 Å². The molecule has 0 saturated carbocycles. The highest BCUT2D eigenvalue weighted by atomic mass is 16.5. The smallest absolute Gasteiger partial charge is 0.119 e. The van der Waals surface area contributed by atoms with E-state index in [0.29, 0.717) is 5.92 Å². The number of piperidine rings is 1. The number of benzene rings is 2. The molecule has 0 aliphatic carbocycles. The Morgan fingerprint density at radius 1 is 1.17 bits per heavy atom. The lowest BCUT2D eigenvalue weighted by atomic mass is 9.89. The number of ether oxygens (including phenoxy) is 1. The van der Waals surface area contributed by atoms with Crippen LogP contribution in [0.2, 0.25) is 0 Å². The van der Waals surface area contributed by atoms with Crippen LogP contribution in [-0.4, -0.2) is 35.3 Å². The van der Waals surface area contributed by atoms with Crippen molar-refractivity contribution in [1.29, 1.82) is 0 Å². The number of aromatic amines is 1. The minimum absolute atomic E-state index is 0.645. The number of H-pyrrole nitrogens is 1. The monoisotopic (exact) mass is 321 g/mol. The molecule has 1 aliphatic rings. The Balaban J connectivity index is 1.38. The molecule has 1 N–H and O–H groups in total. The van der Waals surface area contributed by atoms with Gasteiger partial charge in [0.15, 0.2) is 0 Å². The molecule has 0 bridgehead atoms. The van der Waals surface area contributed by atoms with Gasteiger partial charge in [-0.3, -0.25) is 10.00 Å². The van der Waals surface area contributed by atoms with E-state index in [1.807, 2.05) is 12.3 Å². The van der Waals surface area contributed by atoms with E-state index in [9.17, 15) is 0 Å². The summed E-state index contributed by atoms with van der Waals surface area (Å²) in [5, 5.41) is 8.33. The average Bonchev–Trinajstić information content (AvgIpc) is 3.10. The van der Waals surface area contributed by atoms with Gasteiger partial charge in [0.1, 0.15) is 5.75 Å². The summed E-state index contributed by atoms with van der Waals surface area (Å²) in [4.78, 5) is 2.55. The second-order valence-electron chi connectivity index (χ2n) is 6.62. The van der Waals surface area contributed by atoms with E-state index in [-0.39, 0.29) is 0 Å². The van der Waals surface area contributed by atoms with E-state index in [1.165, 1.54) is 29.4 Å². The van der Waals surface area contributed by atoms with Gasteiger partial charge in [0.05, 0.1) is 18.8 Å². The largest absolute Gasteiger partial charge is 0.497 e. The third-order valence-corrected chi connectivity index (χ3v) is 5.07. The number of fused-ring (bicyclic) bond motifs is 1. The molecule has 2 aromatic carbocycles. The number of nitrogens with zero attached hydrogens (tertiary/aromatic N) is 2. The SMILES string of the molecule is COc1cccc(C2CCN(Cc3ccc4cn[nH]c4c3)CC2)c1. The van der Waals surface area contributed by atoms with Gasteiger partial charge in [-0.15, -0.1) is 0 Å². The Labute approximate surface area is 142 Å². The fraction of sp³-hybridized carbons (Fsp3) is 0.350. The summed E-state index contributed by atoms with van der Waals surface area (Å²) >= 11 is 0. The fourth-order valence-corrected chi connectivity index (χ4v) is 3.66. The summed E-state index contributed by atoms with van der Waals surface area (Å²) < 4.78 is 5.36. The van der Waals surface area contributed by atoms with Crippen LogP contribution in [-0.2, 0) is 6.54 Å². The molecule has 0 atom stereocenters. The molecule has 1 fully saturated rings. The van der Waals surface area contributed by atoms with Crippen molar-refractivity contribution in [2.45, 2.75) is 25.3 Å². The van der Waals surface area contributed by atoms with Crippen LogP contribution in [0.4, 0.5) is 0 Å². The number of likely N-dealkylation sites (tertiary alicyclic amines) is 1. The molecule has 0 amide bonds. The highest BCUT2D eigenvalue weighted by Crippen LogP contribution is 2.30. The Morgan fingerprint density at radius 2 is 2.04 bits per heavy atom. The fourth-order valence-electron chi connectivity index (χ4n) is 3.66.